The van der Waals surface area contributed by atoms with Crippen LogP contribution in [0, 0.1) is 0 Å². The Morgan fingerprint density at radius 3 is 2.19 bits per heavy atom. The van der Waals surface area contributed by atoms with Gasteiger partial charge in [0.2, 0.25) is 5.91 Å². The molecular formula is C13H18BrNO. The molecule has 0 radical (unpaired) electrons. The third-order valence-electron chi connectivity index (χ3n) is 2.61. The molecule has 2 nitrogen and oxygen atoms in total. The highest BCUT2D eigenvalue weighted by Gasteiger charge is 2.13. The Morgan fingerprint density at radius 1 is 1.31 bits per heavy atom. The number of hydrogen-bond acceptors (Lipinski definition) is 1. The molecule has 0 aromatic heterocycles. The van der Waals surface area contributed by atoms with Gasteiger partial charge in [-0.25, -0.2) is 0 Å². The van der Waals surface area contributed by atoms with Crippen molar-refractivity contribution < 1.29 is 4.79 Å². The molecule has 0 aliphatic carbocycles. The second kappa shape index (κ2) is 6.04. The van der Waals surface area contributed by atoms with Gasteiger partial charge in [-0.2, -0.15) is 0 Å². The van der Waals surface area contributed by atoms with Gasteiger partial charge in [-0.3, -0.25) is 4.79 Å². The molecule has 0 saturated heterocycles. The van der Waals surface area contributed by atoms with Crippen LogP contribution in [-0.2, 0) is 17.6 Å². The van der Waals surface area contributed by atoms with Crippen molar-refractivity contribution in [1.29, 1.82) is 0 Å². The number of aryl methyl sites for hydroxylation is 2. The Bertz CT molecular complexity index is 352. The summed E-state index contributed by atoms with van der Waals surface area (Å²) in [5.74, 6) is 0.00981. The van der Waals surface area contributed by atoms with E-state index in [1.807, 2.05) is 13.0 Å². The molecule has 0 unspecified atom stereocenters. The van der Waals surface area contributed by atoms with Crippen LogP contribution >= 0.6 is 15.9 Å². The van der Waals surface area contributed by atoms with Crippen LogP contribution in [0.1, 0.15) is 31.9 Å². The number of amides is 1. The maximum absolute atomic E-state index is 11.7. The maximum atomic E-state index is 11.7. The number of anilines is 1. The third-order valence-corrected chi connectivity index (χ3v) is 3.02. The van der Waals surface area contributed by atoms with Crippen LogP contribution in [-0.4, -0.2) is 10.7 Å². The highest BCUT2D eigenvalue weighted by atomic mass is 79.9. The summed E-state index contributed by atoms with van der Waals surface area (Å²) in [6, 6.07) is 6.17. The molecule has 1 atom stereocenters. The molecule has 0 fully saturated rings. The molecule has 0 heterocycles. The Kier molecular flexibility index (Phi) is 5.00. The lowest BCUT2D eigenvalue weighted by Crippen LogP contribution is -2.21. The van der Waals surface area contributed by atoms with Gasteiger partial charge in [0.15, 0.2) is 0 Å². The van der Waals surface area contributed by atoms with Gasteiger partial charge in [0.25, 0.3) is 0 Å². The van der Waals surface area contributed by atoms with E-state index in [-0.39, 0.29) is 10.7 Å². The van der Waals surface area contributed by atoms with Crippen molar-refractivity contribution in [3.8, 4) is 0 Å². The lowest BCUT2D eigenvalue weighted by atomic mass is 10.0. The molecule has 88 valence electrons. The standard InChI is InChI=1S/C13H18BrNO/c1-4-10-7-6-8-11(5-2)12(10)15-13(16)9(3)14/h6-9H,4-5H2,1-3H3,(H,15,16)/t9-/m1/s1. The minimum Gasteiger partial charge on any atom is -0.325 e. The van der Waals surface area contributed by atoms with Crippen molar-refractivity contribution in [1.82, 2.24) is 0 Å². The van der Waals surface area contributed by atoms with Gasteiger partial charge in [0.1, 0.15) is 0 Å². The summed E-state index contributed by atoms with van der Waals surface area (Å²) in [6.45, 7) is 6.03. The fourth-order valence-corrected chi connectivity index (χ4v) is 1.74. The van der Waals surface area contributed by atoms with Crippen molar-refractivity contribution in [3.05, 3.63) is 29.3 Å². The van der Waals surface area contributed by atoms with E-state index in [4.69, 9.17) is 0 Å². The highest BCUT2D eigenvalue weighted by Crippen LogP contribution is 2.23. The van der Waals surface area contributed by atoms with E-state index in [0.29, 0.717) is 0 Å². The molecule has 1 rings (SSSR count). The Balaban J connectivity index is 3.04. The monoisotopic (exact) mass is 283 g/mol. The molecular weight excluding hydrogens is 266 g/mol. The fraction of sp³-hybridized carbons (Fsp3) is 0.462. The van der Waals surface area contributed by atoms with Crippen molar-refractivity contribution in [2.24, 2.45) is 0 Å². The number of nitrogens with one attached hydrogen (secondary N) is 1. The van der Waals surface area contributed by atoms with Gasteiger partial charge in [-0.15, -0.1) is 0 Å². The first-order valence-electron chi connectivity index (χ1n) is 5.65. The molecule has 0 aliphatic heterocycles. The zero-order valence-corrected chi connectivity index (χ0v) is 11.6. The number of hydrogen-bond donors (Lipinski definition) is 1. The van der Waals surface area contributed by atoms with Gasteiger partial charge < -0.3 is 5.32 Å². The quantitative estimate of drug-likeness (QED) is 0.842. The molecule has 1 aromatic rings. The van der Waals surface area contributed by atoms with Crippen molar-refractivity contribution >= 4 is 27.5 Å². The van der Waals surface area contributed by atoms with Crippen LogP contribution in [0.25, 0.3) is 0 Å². The van der Waals surface area contributed by atoms with Crippen LogP contribution < -0.4 is 5.32 Å². The van der Waals surface area contributed by atoms with E-state index < -0.39 is 0 Å². The average Bonchev–Trinajstić information content (AvgIpc) is 2.29. The van der Waals surface area contributed by atoms with Gasteiger partial charge in [-0.1, -0.05) is 48.0 Å². The number of carbonyl (C=O) groups is 1. The number of carbonyl (C=O) groups excluding carboxylic acids is 1. The largest absolute Gasteiger partial charge is 0.325 e. The summed E-state index contributed by atoms with van der Waals surface area (Å²) in [5.41, 5.74) is 3.38. The van der Waals surface area contributed by atoms with Crippen LogP contribution in [0.15, 0.2) is 18.2 Å². The van der Waals surface area contributed by atoms with E-state index in [1.54, 1.807) is 0 Å². The Labute approximate surface area is 106 Å². The molecule has 1 amide bonds. The van der Waals surface area contributed by atoms with E-state index in [0.717, 1.165) is 18.5 Å². The van der Waals surface area contributed by atoms with Crippen molar-refractivity contribution in [2.75, 3.05) is 5.32 Å². The van der Waals surface area contributed by atoms with Gasteiger partial charge in [0.05, 0.1) is 4.83 Å². The Hall–Kier alpha value is -0.830. The summed E-state index contributed by atoms with van der Waals surface area (Å²) in [5, 5.41) is 2.99. The first kappa shape index (κ1) is 13.2. The number of para-hydroxylation sites is 1. The predicted molar refractivity (Wildman–Crippen MR) is 72.2 cm³/mol. The third kappa shape index (κ3) is 3.08. The summed E-state index contributed by atoms with van der Waals surface area (Å²) >= 11 is 3.28. The first-order valence-corrected chi connectivity index (χ1v) is 6.57. The lowest BCUT2D eigenvalue weighted by molar-refractivity contribution is -0.115. The molecule has 3 heteroatoms. The molecule has 0 saturated carbocycles. The zero-order valence-electron chi connectivity index (χ0n) is 10.0. The second-order valence-electron chi connectivity index (χ2n) is 3.76. The molecule has 1 aromatic carbocycles. The summed E-state index contributed by atoms with van der Waals surface area (Å²) in [7, 11) is 0. The van der Waals surface area contributed by atoms with Crippen molar-refractivity contribution in [2.45, 2.75) is 38.4 Å². The summed E-state index contributed by atoms with van der Waals surface area (Å²) in [6.07, 6.45) is 1.86. The minimum absolute atomic E-state index is 0.00981. The van der Waals surface area contributed by atoms with Crippen LogP contribution in [0.2, 0.25) is 0 Å². The predicted octanol–water partition coefficient (Wildman–Crippen LogP) is 3.53. The van der Waals surface area contributed by atoms with Gasteiger partial charge in [-0.05, 0) is 30.9 Å². The summed E-state index contributed by atoms with van der Waals surface area (Å²) < 4.78 is 0. The average molecular weight is 284 g/mol. The molecule has 0 bridgehead atoms. The molecule has 1 N–H and O–H groups in total. The minimum atomic E-state index is -0.165. The number of alkyl halides is 1. The second-order valence-corrected chi connectivity index (χ2v) is 5.14. The molecule has 0 aliphatic rings. The Morgan fingerprint density at radius 2 is 1.81 bits per heavy atom. The van der Waals surface area contributed by atoms with E-state index in [1.165, 1.54) is 11.1 Å². The number of halogens is 1. The fourth-order valence-electron chi connectivity index (χ4n) is 1.63. The SMILES string of the molecule is CCc1cccc(CC)c1NC(=O)[C@@H](C)Br. The number of benzene rings is 1. The first-order chi connectivity index (χ1) is 7.60. The highest BCUT2D eigenvalue weighted by molar-refractivity contribution is 9.10. The van der Waals surface area contributed by atoms with Gasteiger partial charge >= 0.3 is 0 Å². The van der Waals surface area contributed by atoms with Gasteiger partial charge in [0, 0.05) is 5.69 Å². The van der Waals surface area contributed by atoms with E-state index >= 15 is 0 Å². The van der Waals surface area contributed by atoms with E-state index in [2.05, 4.69) is 47.2 Å². The summed E-state index contributed by atoms with van der Waals surface area (Å²) in [4.78, 5) is 11.5. The maximum Gasteiger partial charge on any atom is 0.237 e. The number of rotatable bonds is 4. The molecule has 0 spiro atoms. The van der Waals surface area contributed by atoms with Crippen LogP contribution in [0.4, 0.5) is 5.69 Å². The van der Waals surface area contributed by atoms with Crippen molar-refractivity contribution in [3.63, 3.8) is 0 Å². The molecule has 16 heavy (non-hydrogen) atoms. The van der Waals surface area contributed by atoms with E-state index in [9.17, 15) is 4.79 Å². The van der Waals surface area contributed by atoms with Crippen LogP contribution in [0.3, 0.4) is 0 Å². The smallest absolute Gasteiger partial charge is 0.237 e. The normalized spacial score (nSPS) is 12.2. The topological polar surface area (TPSA) is 29.1 Å². The zero-order chi connectivity index (χ0) is 12.1. The lowest BCUT2D eigenvalue weighted by Gasteiger charge is -2.15. The van der Waals surface area contributed by atoms with Crippen LogP contribution in [0.5, 0.6) is 0 Å².